The van der Waals surface area contributed by atoms with Crippen LogP contribution in [0.3, 0.4) is 0 Å². The van der Waals surface area contributed by atoms with Crippen LogP contribution in [0, 0.1) is 11.8 Å². The molecule has 2 unspecified atom stereocenters. The average Bonchev–Trinajstić information content (AvgIpc) is 2.81. The smallest absolute Gasteiger partial charge is 0.00671 e. The lowest BCUT2D eigenvalue weighted by molar-refractivity contribution is 0.341. The zero-order chi connectivity index (χ0) is 13.9. The predicted octanol–water partition coefficient (Wildman–Crippen LogP) is 5.54. The minimum atomic E-state index is 0.797. The van der Waals surface area contributed by atoms with Crippen molar-refractivity contribution in [3.8, 4) is 0 Å². The van der Waals surface area contributed by atoms with E-state index in [-0.39, 0.29) is 0 Å². The van der Waals surface area contributed by atoms with Crippen molar-refractivity contribution in [3.63, 3.8) is 0 Å². The molecule has 0 aromatic heterocycles. The molecule has 1 N–H and O–H groups in total. The summed E-state index contributed by atoms with van der Waals surface area (Å²) in [5.41, 5.74) is 0. The second-order valence-corrected chi connectivity index (χ2v) is 6.77. The quantitative estimate of drug-likeness (QED) is 0.485. The summed E-state index contributed by atoms with van der Waals surface area (Å²) in [6, 6.07) is 0.797. The SMILES string of the molecule is CCCCCC(CCCCC)NCC1CCCC1C. The Morgan fingerprint density at radius 2 is 1.58 bits per heavy atom. The maximum absolute atomic E-state index is 3.91. The van der Waals surface area contributed by atoms with E-state index in [1.165, 1.54) is 77.2 Å². The van der Waals surface area contributed by atoms with Gasteiger partial charge < -0.3 is 5.32 Å². The fraction of sp³-hybridized carbons (Fsp3) is 1.00. The lowest BCUT2D eigenvalue weighted by Crippen LogP contribution is -2.34. The zero-order valence-electron chi connectivity index (χ0n) is 13.7. The Balaban J connectivity index is 2.21. The van der Waals surface area contributed by atoms with E-state index in [1.54, 1.807) is 0 Å². The molecule has 0 amide bonds. The first-order valence-corrected chi connectivity index (χ1v) is 9.01. The standard InChI is InChI=1S/C18H37N/c1-4-6-8-13-18(14-9-7-5-2)19-15-17-12-10-11-16(17)3/h16-19H,4-15H2,1-3H3. The largest absolute Gasteiger partial charge is 0.314 e. The van der Waals surface area contributed by atoms with E-state index < -0.39 is 0 Å². The van der Waals surface area contributed by atoms with Crippen molar-refractivity contribution < 1.29 is 0 Å². The minimum absolute atomic E-state index is 0.797. The molecule has 1 fully saturated rings. The highest BCUT2D eigenvalue weighted by Gasteiger charge is 2.23. The van der Waals surface area contributed by atoms with E-state index in [0.29, 0.717) is 0 Å². The van der Waals surface area contributed by atoms with E-state index in [4.69, 9.17) is 0 Å². The van der Waals surface area contributed by atoms with Crippen LogP contribution in [-0.4, -0.2) is 12.6 Å². The van der Waals surface area contributed by atoms with Crippen LogP contribution in [0.1, 0.15) is 91.4 Å². The molecular formula is C18H37N. The van der Waals surface area contributed by atoms with E-state index >= 15 is 0 Å². The van der Waals surface area contributed by atoms with Crippen LogP contribution < -0.4 is 5.32 Å². The second kappa shape index (κ2) is 10.7. The molecule has 0 radical (unpaired) electrons. The molecule has 0 bridgehead atoms. The van der Waals surface area contributed by atoms with Gasteiger partial charge in [0.15, 0.2) is 0 Å². The Kier molecular flexibility index (Phi) is 9.59. The van der Waals surface area contributed by atoms with Gasteiger partial charge in [0, 0.05) is 6.04 Å². The Morgan fingerprint density at radius 3 is 2.05 bits per heavy atom. The third-order valence-electron chi connectivity index (χ3n) is 5.02. The Hall–Kier alpha value is -0.0400. The van der Waals surface area contributed by atoms with E-state index in [0.717, 1.165) is 17.9 Å². The summed E-state index contributed by atoms with van der Waals surface area (Å²) in [7, 11) is 0. The maximum atomic E-state index is 3.91. The van der Waals surface area contributed by atoms with Gasteiger partial charge in [0.1, 0.15) is 0 Å². The highest BCUT2D eigenvalue weighted by Crippen LogP contribution is 2.30. The first kappa shape index (κ1) is 17.0. The van der Waals surface area contributed by atoms with Crippen LogP contribution in [0.15, 0.2) is 0 Å². The summed E-state index contributed by atoms with van der Waals surface area (Å²) in [6.07, 6.45) is 15.5. The molecule has 114 valence electrons. The molecule has 0 saturated heterocycles. The summed E-state index contributed by atoms with van der Waals surface area (Å²) in [5, 5.41) is 3.91. The lowest BCUT2D eigenvalue weighted by atomic mass is 9.96. The first-order valence-electron chi connectivity index (χ1n) is 9.01. The highest BCUT2D eigenvalue weighted by atomic mass is 14.9. The molecule has 1 heteroatoms. The van der Waals surface area contributed by atoms with Crippen LogP contribution in [0.5, 0.6) is 0 Å². The van der Waals surface area contributed by atoms with Gasteiger partial charge in [0.2, 0.25) is 0 Å². The molecular weight excluding hydrogens is 230 g/mol. The average molecular weight is 268 g/mol. The maximum Gasteiger partial charge on any atom is 0.00671 e. The molecule has 0 aromatic carbocycles. The molecule has 1 nitrogen and oxygen atoms in total. The Bertz CT molecular complexity index is 192. The summed E-state index contributed by atoms with van der Waals surface area (Å²) in [5.74, 6) is 1.92. The molecule has 1 rings (SSSR count). The first-order chi connectivity index (χ1) is 9.27. The number of rotatable bonds is 11. The normalized spacial score (nSPS) is 23.4. The molecule has 1 saturated carbocycles. The van der Waals surface area contributed by atoms with Crippen LogP contribution in [-0.2, 0) is 0 Å². The summed E-state index contributed by atoms with van der Waals surface area (Å²) >= 11 is 0. The number of hydrogen-bond donors (Lipinski definition) is 1. The molecule has 0 aliphatic heterocycles. The van der Waals surface area contributed by atoms with Crippen molar-refractivity contribution in [2.45, 2.75) is 97.4 Å². The topological polar surface area (TPSA) is 12.0 Å². The molecule has 1 aliphatic carbocycles. The summed E-state index contributed by atoms with van der Waals surface area (Å²) in [6.45, 7) is 8.34. The van der Waals surface area contributed by atoms with Gasteiger partial charge in [-0.25, -0.2) is 0 Å². The number of hydrogen-bond acceptors (Lipinski definition) is 1. The van der Waals surface area contributed by atoms with Gasteiger partial charge >= 0.3 is 0 Å². The van der Waals surface area contributed by atoms with Gasteiger partial charge in [0.25, 0.3) is 0 Å². The van der Waals surface area contributed by atoms with Crippen molar-refractivity contribution in [3.05, 3.63) is 0 Å². The van der Waals surface area contributed by atoms with Crippen LogP contribution in [0.25, 0.3) is 0 Å². The predicted molar refractivity (Wildman–Crippen MR) is 86.6 cm³/mol. The Morgan fingerprint density at radius 1 is 0.947 bits per heavy atom. The van der Waals surface area contributed by atoms with Crippen LogP contribution >= 0.6 is 0 Å². The van der Waals surface area contributed by atoms with Gasteiger partial charge in [-0.05, 0) is 37.6 Å². The summed E-state index contributed by atoms with van der Waals surface area (Å²) in [4.78, 5) is 0. The molecule has 0 heterocycles. The highest BCUT2D eigenvalue weighted by molar-refractivity contribution is 4.78. The molecule has 2 atom stereocenters. The molecule has 1 aliphatic rings. The monoisotopic (exact) mass is 267 g/mol. The van der Waals surface area contributed by atoms with E-state index in [9.17, 15) is 0 Å². The van der Waals surface area contributed by atoms with Crippen molar-refractivity contribution in [2.75, 3.05) is 6.54 Å². The summed E-state index contributed by atoms with van der Waals surface area (Å²) < 4.78 is 0. The minimum Gasteiger partial charge on any atom is -0.314 e. The number of nitrogens with one attached hydrogen (secondary N) is 1. The fourth-order valence-corrected chi connectivity index (χ4v) is 3.47. The number of unbranched alkanes of at least 4 members (excludes halogenated alkanes) is 4. The van der Waals surface area contributed by atoms with Gasteiger partial charge in [-0.3, -0.25) is 0 Å². The molecule has 19 heavy (non-hydrogen) atoms. The third-order valence-corrected chi connectivity index (χ3v) is 5.02. The Labute approximate surface area is 121 Å². The fourth-order valence-electron chi connectivity index (χ4n) is 3.47. The van der Waals surface area contributed by atoms with Crippen molar-refractivity contribution in [1.29, 1.82) is 0 Å². The van der Waals surface area contributed by atoms with Crippen LogP contribution in [0.2, 0.25) is 0 Å². The van der Waals surface area contributed by atoms with Crippen molar-refractivity contribution >= 4 is 0 Å². The second-order valence-electron chi connectivity index (χ2n) is 6.77. The van der Waals surface area contributed by atoms with Crippen molar-refractivity contribution in [2.24, 2.45) is 11.8 Å². The third kappa shape index (κ3) is 7.34. The van der Waals surface area contributed by atoms with E-state index in [2.05, 4.69) is 26.1 Å². The zero-order valence-corrected chi connectivity index (χ0v) is 13.7. The molecule has 0 spiro atoms. The van der Waals surface area contributed by atoms with Gasteiger partial charge in [0.05, 0.1) is 0 Å². The lowest BCUT2D eigenvalue weighted by Gasteiger charge is -2.23. The van der Waals surface area contributed by atoms with Gasteiger partial charge in [-0.1, -0.05) is 72.1 Å². The molecule has 0 aromatic rings. The van der Waals surface area contributed by atoms with E-state index in [1.807, 2.05) is 0 Å². The van der Waals surface area contributed by atoms with Crippen molar-refractivity contribution in [1.82, 2.24) is 5.32 Å². The van der Waals surface area contributed by atoms with Gasteiger partial charge in [-0.2, -0.15) is 0 Å². The van der Waals surface area contributed by atoms with Crippen LogP contribution in [0.4, 0.5) is 0 Å². The van der Waals surface area contributed by atoms with Gasteiger partial charge in [-0.15, -0.1) is 0 Å².